The van der Waals surface area contributed by atoms with Crippen molar-refractivity contribution in [2.45, 2.75) is 0 Å². The molecule has 0 saturated carbocycles. The van der Waals surface area contributed by atoms with Gasteiger partial charge in [0, 0.05) is 28.5 Å². The lowest BCUT2D eigenvalue weighted by Crippen LogP contribution is -2.00. The number of aromatic nitrogens is 4. The fourth-order valence-corrected chi connectivity index (χ4v) is 6.66. The van der Waals surface area contributed by atoms with Gasteiger partial charge < -0.3 is 0 Å². The molecule has 0 atom stereocenters. The summed E-state index contributed by atoms with van der Waals surface area (Å²) < 4.78 is 0. The summed E-state index contributed by atoms with van der Waals surface area (Å²) in [5.41, 5.74) is 9.60. The quantitative estimate of drug-likeness (QED) is 0.170. The van der Waals surface area contributed by atoms with Crippen molar-refractivity contribution in [2.75, 3.05) is 0 Å². The van der Waals surface area contributed by atoms with Crippen LogP contribution < -0.4 is 0 Å². The number of hydrogen-bond acceptors (Lipinski definition) is 4. The molecule has 2 aromatic heterocycles. The molecule has 0 aliphatic heterocycles. The maximum atomic E-state index is 5.01. The second kappa shape index (κ2) is 12.7. The fraction of sp³-hybridized carbons (Fsp3) is 0. The van der Waals surface area contributed by atoms with Crippen molar-refractivity contribution < 1.29 is 0 Å². The first-order valence-electron chi connectivity index (χ1n) is 16.7. The van der Waals surface area contributed by atoms with E-state index in [1.807, 2.05) is 72.9 Å². The summed E-state index contributed by atoms with van der Waals surface area (Å²) in [7, 11) is 0. The second-order valence-corrected chi connectivity index (χ2v) is 12.3. The van der Waals surface area contributed by atoms with Crippen LogP contribution >= 0.6 is 0 Å². The molecule has 0 bridgehead atoms. The van der Waals surface area contributed by atoms with Gasteiger partial charge in [0.2, 0.25) is 0 Å². The molecule has 0 amide bonds. The summed E-state index contributed by atoms with van der Waals surface area (Å²) in [5.74, 6) is 1.95. The Bertz CT molecular complexity index is 2580. The zero-order valence-corrected chi connectivity index (χ0v) is 27.1. The number of nitrogens with zero attached hydrogens (tertiary/aromatic N) is 4. The molecule has 0 fully saturated rings. The molecule has 0 saturated heterocycles. The van der Waals surface area contributed by atoms with Crippen molar-refractivity contribution in [2.24, 2.45) is 0 Å². The predicted molar refractivity (Wildman–Crippen MR) is 205 cm³/mol. The van der Waals surface area contributed by atoms with Crippen LogP contribution in [0.2, 0.25) is 0 Å². The Labute approximate surface area is 290 Å². The highest BCUT2D eigenvalue weighted by Crippen LogP contribution is 2.36. The zero-order chi connectivity index (χ0) is 33.3. The van der Waals surface area contributed by atoms with E-state index in [2.05, 4.69) is 109 Å². The van der Waals surface area contributed by atoms with Gasteiger partial charge >= 0.3 is 0 Å². The maximum Gasteiger partial charge on any atom is 0.164 e. The van der Waals surface area contributed by atoms with Gasteiger partial charge in [-0.05, 0) is 68.1 Å². The first-order valence-corrected chi connectivity index (χ1v) is 16.7. The van der Waals surface area contributed by atoms with Crippen LogP contribution in [0.3, 0.4) is 0 Å². The van der Waals surface area contributed by atoms with Crippen molar-refractivity contribution in [1.29, 1.82) is 0 Å². The van der Waals surface area contributed by atoms with Gasteiger partial charge in [-0.1, -0.05) is 152 Å². The monoisotopic (exact) mass is 638 g/mol. The first kappa shape index (κ1) is 29.4. The summed E-state index contributed by atoms with van der Waals surface area (Å²) in [4.78, 5) is 19.7. The minimum atomic E-state index is 0.650. The molecule has 0 radical (unpaired) electrons. The third-order valence-electron chi connectivity index (χ3n) is 9.18. The largest absolute Gasteiger partial charge is 0.256 e. The lowest BCUT2D eigenvalue weighted by atomic mass is 9.95. The van der Waals surface area contributed by atoms with Gasteiger partial charge in [-0.2, -0.15) is 0 Å². The molecule has 2 heterocycles. The third kappa shape index (κ3) is 5.59. The number of pyridine rings is 1. The van der Waals surface area contributed by atoms with Crippen LogP contribution in [-0.2, 0) is 0 Å². The maximum absolute atomic E-state index is 5.01. The number of hydrogen-bond donors (Lipinski definition) is 0. The molecule has 234 valence electrons. The lowest BCUT2D eigenvalue weighted by molar-refractivity contribution is 1.08. The number of rotatable bonds is 6. The number of fused-ring (bicyclic) bond motifs is 3. The van der Waals surface area contributed by atoms with Crippen LogP contribution in [0.1, 0.15) is 0 Å². The summed E-state index contributed by atoms with van der Waals surface area (Å²) in [6.45, 7) is 0. The summed E-state index contributed by atoms with van der Waals surface area (Å²) in [5, 5.41) is 4.56. The first-order chi connectivity index (χ1) is 24.8. The third-order valence-corrected chi connectivity index (χ3v) is 9.18. The van der Waals surface area contributed by atoms with Crippen molar-refractivity contribution in [3.8, 4) is 67.7 Å². The average Bonchev–Trinajstić information content (AvgIpc) is 3.21. The molecular weight excluding hydrogens is 609 g/mol. The van der Waals surface area contributed by atoms with Crippen molar-refractivity contribution in [3.05, 3.63) is 182 Å². The van der Waals surface area contributed by atoms with Crippen LogP contribution in [0, 0.1) is 0 Å². The Kier molecular flexibility index (Phi) is 7.45. The van der Waals surface area contributed by atoms with Crippen molar-refractivity contribution in [1.82, 2.24) is 19.9 Å². The highest BCUT2D eigenvalue weighted by atomic mass is 15.0. The standard InChI is InChI=1S/C46H30N4/c1-4-12-31(13-5-1)34-18-10-19-35(28-34)36-26-27-47-43(30-36)38-23-24-39-37(29-38)22-25-41-40(39)20-11-21-42(41)46-49-44(32-14-6-2-7-15-32)48-45(50-46)33-16-8-3-9-17-33/h1-30H. The molecular formula is C46H30N4. The van der Waals surface area contributed by atoms with E-state index in [1.54, 1.807) is 0 Å². The molecule has 50 heavy (non-hydrogen) atoms. The Hall–Kier alpha value is -6.78. The molecule has 4 heteroatoms. The molecule has 0 spiro atoms. The Balaban J connectivity index is 1.11. The van der Waals surface area contributed by atoms with E-state index in [-0.39, 0.29) is 0 Å². The molecule has 0 aliphatic rings. The molecule has 0 aliphatic carbocycles. The van der Waals surface area contributed by atoms with Gasteiger partial charge in [0.15, 0.2) is 17.5 Å². The molecule has 7 aromatic carbocycles. The Morgan fingerprint density at radius 1 is 0.300 bits per heavy atom. The highest BCUT2D eigenvalue weighted by Gasteiger charge is 2.15. The van der Waals surface area contributed by atoms with Gasteiger partial charge in [0.1, 0.15) is 0 Å². The highest BCUT2D eigenvalue weighted by molar-refractivity contribution is 6.12. The molecule has 9 aromatic rings. The van der Waals surface area contributed by atoms with Gasteiger partial charge in [-0.15, -0.1) is 0 Å². The van der Waals surface area contributed by atoms with E-state index in [9.17, 15) is 0 Å². The van der Waals surface area contributed by atoms with E-state index < -0.39 is 0 Å². The van der Waals surface area contributed by atoms with E-state index in [0.717, 1.165) is 49.7 Å². The zero-order valence-electron chi connectivity index (χ0n) is 27.1. The van der Waals surface area contributed by atoms with E-state index in [1.165, 1.54) is 22.1 Å². The van der Waals surface area contributed by atoms with Crippen molar-refractivity contribution in [3.63, 3.8) is 0 Å². The molecule has 0 N–H and O–H groups in total. The lowest BCUT2D eigenvalue weighted by Gasteiger charge is -2.12. The summed E-state index contributed by atoms with van der Waals surface area (Å²) in [6, 6.07) is 61.0. The Morgan fingerprint density at radius 3 is 1.56 bits per heavy atom. The summed E-state index contributed by atoms with van der Waals surface area (Å²) in [6.07, 6.45) is 1.90. The van der Waals surface area contributed by atoms with Gasteiger partial charge in [0.25, 0.3) is 0 Å². The average molecular weight is 639 g/mol. The van der Waals surface area contributed by atoms with Gasteiger partial charge in [-0.25, -0.2) is 15.0 Å². The van der Waals surface area contributed by atoms with E-state index in [0.29, 0.717) is 17.5 Å². The van der Waals surface area contributed by atoms with Crippen LogP contribution in [-0.4, -0.2) is 19.9 Å². The van der Waals surface area contributed by atoms with Crippen LogP contribution in [0.25, 0.3) is 89.2 Å². The number of benzene rings is 7. The van der Waals surface area contributed by atoms with Gasteiger partial charge in [-0.3, -0.25) is 4.98 Å². The van der Waals surface area contributed by atoms with Crippen molar-refractivity contribution >= 4 is 21.5 Å². The molecule has 4 nitrogen and oxygen atoms in total. The SMILES string of the molecule is c1ccc(-c2cccc(-c3ccnc(-c4ccc5c(ccc6c(-c7nc(-c8ccccc8)nc(-c8ccccc8)n7)cccc65)c4)c3)c2)cc1. The van der Waals surface area contributed by atoms with Gasteiger partial charge in [0.05, 0.1) is 5.69 Å². The van der Waals surface area contributed by atoms with Crippen LogP contribution in [0.4, 0.5) is 0 Å². The normalized spacial score (nSPS) is 11.2. The van der Waals surface area contributed by atoms with Crippen LogP contribution in [0.5, 0.6) is 0 Å². The second-order valence-electron chi connectivity index (χ2n) is 12.3. The topological polar surface area (TPSA) is 51.6 Å². The predicted octanol–water partition coefficient (Wildman–Crippen LogP) is 11.6. The summed E-state index contributed by atoms with van der Waals surface area (Å²) >= 11 is 0. The fourth-order valence-electron chi connectivity index (χ4n) is 6.66. The molecule has 9 rings (SSSR count). The smallest absolute Gasteiger partial charge is 0.164 e. The Morgan fingerprint density at radius 2 is 0.860 bits per heavy atom. The molecule has 0 unspecified atom stereocenters. The van der Waals surface area contributed by atoms with Crippen LogP contribution in [0.15, 0.2) is 182 Å². The minimum absolute atomic E-state index is 0.650. The van der Waals surface area contributed by atoms with E-state index in [4.69, 9.17) is 19.9 Å². The van der Waals surface area contributed by atoms with E-state index >= 15 is 0 Å². The minimum Gasteiger partial charge on any atom is -0.256 e.